The number of rotatable bonds is 4. The van der Waals surface area contributed by atoms with Crippen LogP contribution in [-0.4, -0.2) is 24.2 Å². The molecule has 0 heterocycles. The number of hydrogen-bond acceptors (Lipinski definition) is 3. The first-order valence-electron chi connectivity index (χ1n) is 9.91. The van der Waals surface area contributed by atoms with Gasteiger partial charge >= 0.3 is 6.03 Å². The Balaban J connectivity index is 0.000000687. The Kier molecular flexibility index (Phi) is 8.52. The lowest BCUT2D eigenvalue weighted by molar-refractivity contribution is -0.134. The van der Waals surface area contributed by atoms with E-state index in [-0.39, 0.29) is 6.03 Å². The highest BCUT2D eigenvalue weighted by Gasteiger charge is 2.15. The Labute approximate surface area is 172 Å². The molecule has 0 bridgehead atoms. The number of benzene rings is 2. The third-order valence-electron chi connectivity index (χ3n) is 4.85. The maximum atomic E-state index is 12.3. The standard InChI is InChI=1S/C21H26N2O2.C2H4O2/c1-15-8-13-20(25-2)19(14-15)23-21(24)22-18-11-9-17(10-12-18)16-6-4-3-5-7-16;1-2(3)4/h8-14,16H,3-7H2,1-2H3,(H2,22,23,24);1H3,(H,3,4). The van der Waals surface area contributed by atoms with Gasteiger partial charge in [-0.2, -0.15) is 0 Å². The molecule has 156 valence electrons. The number of aliphatic carboxylic acids is 1. The number of hydrogen-bond donors (Lipinski definition) is 3. The molecule has 0 radical (unpaired) electrons. The third kappa shape index (κ3) is 7.49. The Morgan fingerprint density at radius 1 is 1.00 bits per heavy atom. The van der Waals surface area contributed by atoms with Gasteiger partial charge in [-0.25, -0.2) is 4.79 Å². The summed E-state index contributed by atoms with van der Waals surface area (Å²) in [5.41, 5.74) is 3.90. The van der Waals surface area contributed by atoms with E-state index < -0.39 is 5.97 Å². The van der Waals surface area contributed by atoms with Gasteiger partial charge in [0.1, 0.15) is 5.75 Å². The van der Waals surface area contributed by atoms with Crippen LogP contribution in [0.15, 0.2) is 42.5 Å². The molecule has 1 aliphatic carbocycles. The van der Waals surface area contributed by atoms with E-state index in [2.05, 4.69) is 22.8 Å². The minimum absolute atomic E-state index is 0.269. The second-order valence-corrected chi connectivity index (χ2v) is 7.26. The molecule has 1 fully saturated rings. The average Bonchev–Trinajstić information content (AvgIpc) is 2.69. The number of ether oxygens (including phenoxy) is 1. The summed E-state index contributed by atoms with van der Waals surface area (Å²) in [6.07, 6.45) is 6.57. The van der Waals surface area contributed by atoms with Gasteiger partial charge in [0.05, 0.1) is 12.8 Å². The molecule has 0 aliphatic heterocycles. The molecule has 2 aromatic carbocycles. The van der Waals surface area contributed by atoms with E-state index >= 15 is 0 Å². The second kappa shape index (κ2) is 11.1. The Bertz CT molecular complexity index is 808. The van der Waals surface area contributed by atoms with Gasteiger partial charge in [-0.3, -0.25) is 4.79 Å². The number of amides is 2. The van der Waals surface area contributed by atoms with Crippen LogP contribution < -0.4 is 15.4 Å². The summed E-state index contributed by atoms with van der Waals surface area (Å²) in [7, 11) is 1.59. The number of carboxylic acid groups (broad SMARTS) is 1. The first-order chi connectivity index (χ1) is 13.9. The van der Waals surface area contributed by atoms with E-state index in [0.717, 1.165) is 18.2 Å². The van der Waals surface area contributed by atoms with Crippen LogP contribution in [0.2, 0.25) is 0 Å². The fraction of sp³-hybridized carbons (Fsp3) is 0.391. The van der Waals surface area contributed by atoms with Crippen LogP contribution in [-0.2, 0) is 4.79 Å². The van der Waals surface area contributed by atoms with E-state index in [4.69, 9.17) is 14.6 Å². The molecule has 0 spiro atoms. The fourth-order valence-electron chi connectivity index (χ4n) is 3.48. The van der Waals surface area contributed by atoms with Crippen LogP contribution in [0, 0.1) is 6.92 Å². The molecular formula is C23H30N2O4. The van der Waals surface area contributed by atoms with Gasteiger partial charge in [-0.15, -0.1) is 0 Å². The topological polar surface area (TPSA) is 87.7 Å². The van der Waals surface area contributed by atoms with Crippen molar-refractivity contribution in [1.29, 1.82) is 0 Å². The Morgan fingerprint density at radius 2 is 1.62 bits per heavy atom. The number of carboxylic acids is 1. The van der Waals surface area contributed by atoms with Crippen molar-refractivity contribution in [3.8, 4) is 5.75 Å². The number of carbonyl (C=O) groups excluding carboxylic acids is 1. The monoisotopic (exact) mass is 398 g/mol. The van der Waals surface area contributed by atoms with Crippen molar-refractivity contribution in [2.45, 2.75) is 51.9 Å². The molecule has 1 saturated carbocycles. The van der Waals surface area contributed by atoms with Gasteiger partial charge in [0, 0.05) is 12.6 Å². The van der Waals surface area contributed by atoms with Gasteiger partial charge in [-0.1, -0.05) is 37.5 Å². The zero-order valence-electron chi connectivity index (χ0n) is 17.3. The molecule has 3 N–H and O–H groups in total. The number of urea groups is 1. The maximum Gasteiger partial charge on any atom is 0.323 e. The van der Waals surface area contributed by atoms with Crippen LogP contribution in [0.25, 0.3) is 0 Å². The number of carbonyl (C=O) groups is 2. The number of nitrogens with one attached hydrogen (secondary N) is 2. The van der Waals surface area contributed by atoms with E-state index in [9.17, 15) is 4.79 Å². The lowest BCUT2D eigenvalue weighted by atomic mass is 9.84. The van der Waals surface area contributed by atoms with Gasteiger partial charge in [0.25, 0.3) is 5.97 Å². The van der Waals surface area contributed by atoms with Crippen molar-refractivity contribution in [2.24, 2.45) is 0 Å². The number of methoxy groups -OCH3 is 1. The van der Waals surface area contributed by atoms with Crippen molar-refractivity contribution in [2.75, 3.05) is 17.7 Å². The van der Waals surface area contributed by atoms with Crippen LogP contribution in [0.5, 0.6) is 5.75 Å². The van der Waals surface area contributed by atoms with Gasteiger partial charge < -0.3 is 20.5 Å². The molecule has 6 nitrogen and oxygen atoms in total. The van der Waals surface area contributed by atoms with E-state index in [0.29, 0.717) is 17.4 Å². The Morgan fingerprint density at radius 3 is 2.21 bits per heavy atom. The molecular weight excluding hydrogens is 368 g/mol. The van der Waals surface area contributed by atoms with Crippen molar-refractivity contribution >= 4 is 23.4 Å². The van der Waals surface area contributed by atoms with Gasteiger partial charge in [0.2, 0.25) is 0 Å². The summed E-state index contributed by atoms with van der Waals surface area (Å²) in [4.78, 5) is 21.3. The molecule has 2 amide bonds. The molecule has 3 rings (SSSR count). The highest BCUT2D eigenvalue weighted by Crippen LogP contribution is 2.33. The van der Waals surface area contributed by atoms with Crippen LogP contribution in [0.3, 0.4) is 0 Å². The van der Waals surface area contributed by atoms with Gasteiger partial charge in [-0.05, 0) is 61.1 Å². The normalized spacial score (nSPS) is 13.6. The minimum Gasteiger partial charge on any atom is -0.495 e. The van der Waals surface area contributed by atoms with Crippen molar-refractivity contribution in [3.63, 3.8) is 0 Å². The third-order valence-corrected chi connectivity index (χ3v) is 4.85. The van der Waals surface area contributed by atoms with E-state index in [1.807, 2.05) is 37.3 Å². The lowest BCUT2D eigenvalue weighted by Crippen LogP contribution is -2.20. The average molecular weight is 399 g/mol. The molecule has 6 heteroatoms. The quantitative estimate of drug-likeness (QED) is 0.608. The first-order valence-corrected chi connectivity index (χ1v) is 9.91. The lowest BCUT2D eigenvalue weighted by Gasteiger charge is -2.22. The summed E-state index contributed by atoms with van der Waals surface area (Å²) in [5.74, 6) is 0.488. The highest BCUT2D eigenvalue weighted by molar-refractivity contribution is 6.00. The molecule has 0 atom stereocenters. The maximum absolute atomic E-state index is 12.3. The predicted molar refractivity (Wildman–Crippen MR) is 116 cm³/mol. The number of anilines is 2. The summed E-state index contributed by atoms with van der Waals surface area (Å²) in [5, 5.41) is 13.2. The predicted octanol–water partition coefficient (Wildman–Crippen LogP) is 5.79. The molecule has 0 aromatic heterocycles. The summed E-state index contributed by atoms with van der Waals surface area (Å²) in [6.45, 7) is 3.06. The molecule has 29 heavy (non-hydrogen) atoms. The summed E-state index contributed by atoms with van der Waals surface area (Å²) >= 11 is 0. The van der Waals surface area contributed by atoms with Crippen molar-refractivity contribution in [1.82, 2.24) is 0 Å². The Hall–Kier alpha value is -3.02. The number of aryl methyl sites for hydroxylation is 1. The van der Waals surface area contributed by atoms with Crippen LogP contribution in [0.4, 0.5) is 16.2 Å². The summed E-state index contributed by atoms with van der Waals surface area (Å²) in [6, 6.07) is 13.7. The largest absolute Gasteiger partial charge is 0.495 e. The van der Waals surface area contributed by atoms with Crippen molar-refractivity contribution < 1.29 is 19.4 Å². The zero-order chi connectivity index (χ0) is 21.2. The van der Waals surface area contributed by atoms with E-state index in [1.54, 1.807) is 7.11 Å². The SMILES string of the molecule is CC(=O)O.COc1ccc(C)cc1NC(=O)Nc1ccc(C2CCCCC2)cc1. The highest BCUT2D eigenvalue weighted by atomic mass is 16.5. The smallest absolute Gasteiger partial charge is 0.323 e. The molecule has 1 aliphatic rings. The molecule has 0 unspecified atom stereocenters. The first kappa shape index (κ1) is 22.3. The molecule has 0 saturated heterocycles. The van der Waals surface area contributed by atoms with Gasteiger partial charge in [0.15, 0.2) is 0 Å². The minimum atomic E-state index is -0.833. The van der Waals surface area contributed by atoms with E-state index in [1.165, 1.54) is 37.7 Å². The van der Waals surface area contributed by atoms with Crippen LogP contribution in [0.1, 0.15) is 56.1 Å². The molecule has 2 aromatic rings. The van der Waals surface area contributed by atoms with Crippen molar-refractivity contribution in [3.05, 3.63) is 53.6 Å². The second-order valence-electron chi connectivity index (χ2n) is 7.26. The summed E-state index contributed by atoms with van der Waals surface area (Å²) < 4.78 is 5.29. The fourth-order valence-corrected chi connectivity index (χ4v) is 3.48. The zero-order valence-corrected chi connectivity index (χ0v) is 17.3. The van der Waals surface area contributed by atoms with Crippen LogP contribution >= 0.6 is 0 Å².